The van der Waals surface area contributed by atoms with Crippen LogP contribution in [0, 0.1) is 0 Å². The van der Waals surface area contributed by atoms with Crippen molar-refractivity contribution in [2.24, 2.45) is 0 Å². The number of nitrogens with one attached hydrogen (secondary N) is 1. The first-order valence-corrected chi connectivity index (χ1v) is 6.45. The fraction of sp³-hybridized carbons (Fsp3) is 0.571. The molecule has 17 heavy (non-hydrogen) atoms. The summed E-state index contributed by atoms with van der Waals surface area (Å²) >= 11 is 0. The van der Waals surface area contributed by atoms with Gasteiger partial charge in [0.05, 0.1) is 0 Å². The van der Waals surface area contributed by atoms with Crippen LogP contribution in [0.5, 0.6) is 0 Å². The molecule has 0 spiro atoms. The first kappa shape index (κ1) is 12.2. The monoisotopic (exact) mass is 233 g/mol. The zero-order chi connectivity index (χ0) is 12.3. The minimum absolute atomic E-state index is 0.484. The quantitative estimate of drug-likeness (QED) is 0.864. The molecular weight excluding hydrogens is 210 g/mol. The summed E-state index contributed by atoms with van der Waals surface area (Å²) in [5.41, 5.74) is 2.56. The first-order chi connectivity index (χ1) is 8.15. The fourth-order valence-electron chi connectivity index (χ4n) is 2.19. The third-order valence-electron chi connectivity index (χ3n) is 3.17. The van der Waals surface area contributed by atoms with Crippen molar-refractivity contribution in [2.45, 2.75) is 19.9 Å². The van der Waals surface area contributed by atoms with Crippen molar-refractivity contribution in [2.75, 3.05) is 43.4 Å². The van der Waals surface area contributed by atoms with Crippen LogP contribution in [0.25, 0.3) is 0 Å². The molecule has 0 bridgehead atoms. The molecule has 0 atom stereocenters. The van der Waals surface area contributed by atoms with Crippen LogP contribution in [0.1, 0.15) is 13.8 Å². The Hall–Kier alpha value is -1.22. The molecule has 1 fully saturated rings. The molecule has 0 amide bonds. The highest BCUT2D eigenvalue weighted by Crippen LogP contribution is 2.21. The van der Waals surface area contributed by atoms with Crippen molar-refractivity contribution in [1.82, 2.24) is 4.90 Å². The van der Waals surface area contributed by atoms with Gasteiger partial charge in [-0.2, -0.15) is 0 Å². The van der Waals surface area contributed by atoms with Crippen LogP contribution in [0.4, 0.5) is 11.4 Å². The lowest BCUT2D eigenvalue weighted by Crippen LogP contribution is -2.44. The molecule has 0 aromatic heterocycles. The van der Waals surface area contributed by atoms with E-state index in [1.165, 1.54) is 11.4 Å². The van der Waals surface area contributed by atoms with E-state index < -0.39 is 0 Å². The van der Waals surface area contributed by atoms with Crippen molar-refractivity contribution in [1.29, 1.82) is 0 Å². The second kappa shape index (κ2) is 5.41. The average Bonchev–Trinajstić information content (AvgIpc) is 2.29. The Morgan fingerprint density at radius 3 is 2.47 bits per heavy atom. The van der Waals surface area contributed by atoms with Crippen LogP contribution >= 0.6 is 0 Å². The summed E-state index contributed by atoms with van der Waals surface area (Å²) in [4.78, 5) is 4.85. The number of anilines is 2. The summed E-state index contributed by atoms with van der Waals surface area (Å²) in [6, 6.07) is 9.22. The van der Waals surface area contributed by atoms with Gasteiger partial charge in [0, 0.05) is 43.6 Å². The van der Waals surface area contributed by atoms with Gasteiger partial charge in [0.25, 0.3) is 0 Å². The Balaban J connectivity index is 2.05. The Labute approximate surface area is 104 Å². The van der Waals surface area contributed by atoms with Crippen LogP contribution in [-0.4, -0.2) is 44.2 Å². The van der Waals surface area contributed by atoms with Gasteiger partial charge in [-0.05, 0) is 39.1 Å². The van der Waals surface area contributed by atoms with E-state index in [2.05, 4.69) is 60.3 Å². The van der Waals surface area contributed by atoms with E-state index >= 15 is 0 Å². The fourth-order valence-corrected chi connectivity index (χ4v) is 2.19. The molecule has 3 nitrogen and oxygen atoms in total. The van der Waals surface area contributed by atoms with Crippen molar-refractivity contribution in [3.63, 3.8) is 0 Å². The Morgan fingerprint density at radius 2 is 1.82 bits per heavy atom. The normalized spacial score (nSPS) is 17.5. The first-order valence-electron chi connectivity index (χ1n) is 6.45. The predicted octanol–water partition coefficient (Wildman–Crippen LogP) is 2.26. The van der Waals surface area contributed by atoms with Gasteiger partial charge in [-0.15, -0.1) is 0 Å². The van der Waals surface area contributed by atoms with Crippen molar-refractivity contribution in [3.8, 4) is 0 Å². The van der Waals surface area contributed by atoms with Crippen LogP contribution in [0.3, 0.4) is 0 Å². The Morgan fingerprint density at radius 1 is 1.12 bits per heavy atom. The molecule has 1 aromatic rings. The summed E-state index contributed by atoms with van der Waals surface area (Å²) in [5.74, 6) is 0. The van der Waals surface area contributed by atoms with Gasteiger partial charge in [0.1, 0.15) is 0 Å². The van der Waals surface area contributed by atoms with Gasteiger partial charge >= 0.3 is 0 Å². The molecule has 0 saturated carbocycles. The maximum Gasteiger partial charge on any atom is 0.0387 e. The topological polar surface area (TPSA) is 18.5 Å². The lowest BCUT2D eigenvalue weighted by molar-refractivity contribution is 0.313. The lowest BCUT2D eigenvalue weighted by atomic mass is 10.2. The highest BCUT2D eigenvalue weighted by molar-refractivity contribution is 5.58. The maximum absolute atomic E-state index is 3.46. The summed E-state index contributed by atoms with van der Waals surface area (Å²) in [6.45, 7) is 8.90. The van der Waals surface area contributed by atoms with E-state index in [1.807, 2.05) is 0 Å². The molecule has 1 N–H and O–H groups in total. The molecule has 3 heteroatoms. The van der Waals surface area contributed by atoms with E-state index in [4.69, 9.17) is 0 Å². The van der Waals surface area contributed by atoms with Gasteiger partial charge in [-0.1, -0.05) is 6.07 Å². The molecule has 2 rings (SSSR count). The molecule has 0 unspecified atom stereocenters. The van der Waals surface area contributed by atoms with Gasteiger partial charge in [-0.25, -0.2) is 0 Å². The molecule has 1 saturated heterocycles. The zero-order valence-corrected chi connectivity index (χ0v) is 11.1. The van der Waals surface area contributed by atoms with E-state index in [-0.39, 0.29) is 0 Å². The molecule has 1 aliphatic heterocycles. The Bertz CT molecular complexity index is 354. The molecular formula is C14H23N3. The standard InChI is InChI=1S/C14H23N3/c1-12(2)15-13-5-4-6-14(11-13)17-9-7-16(3)8-10-17/h4-6,11-12,15H,7-10H2,1-3H3. The minimum Gasteiger partial charge on any atom is -0.383 e. The van der Waals surface area contributed by atoms with Crippen LogP contribution in [0.2, 0.25) is 0 Å². The molecule has 94 valence electrons. The predicted molar refractivity (Wildman–Crippen MR) is 74.9 cm³/mol. The number of hydrogen-bond acceptors (Lipinski definition) is 3. The minimum atomic E-state index is 0.484. The number of piperazine rings is 1. The highest BCUT2D eigenvalue weighted by Gasteiger charge is 2.14. The number of likely N-dealkylation sites (N-methyl/N-ethyl adjacent to an activating group) is 1. The number of benzene rings is 1. The lowest BCUT2D eigenvalue weighted by Gasteiger charge is -2.34. The maximum atomic E-state index is 3.46. The Kier molecular flexibility index (Phi) is 3.89. The summed E-state index contributed by atoms with van der Waals surface area (Å²) < 4.78 is 0. The average molecular weight is 233 g/mol. The SMILES string of the molecule is CC(C)Nc1cccc(N2CCN(C)CC2)c1. The van der Waals surface area contributed by atoms with Crippen molar-refractivity contribution in [3.05, 3.63) is 24.3 Å². The van der Waals surface area contributed by atoms with Gasteiger partial charge in [0.15, 0.2) is 0 Å². The van der Waals surface area contributed by atoms with Gasteiger partial charge in [0.2, 0.25) is 0 Å². The third kappa shape index (κ3) is 3.37. The number of nitrogens with zero attached hydrogens (tertiary/aromatic N) is 2. The number of hydrogen-bond donors (Lipinski definition) is 1. The van der Waals surface area contributed by atoms with E-state index in [0.717, 1.165) is 26.2 Å². The summed E-state index contributed by atoms with van der Waals surface area (Å²) in [6.07, 6.45) is 0. The summed E-state index contributed by atoms with van der Waals surface area (Å²) in [7, 11) is 2.19. The van der Waals surface area contributed by atoms with Gasteiger partial charge < -0.3 is 15.1 Å². The number of rotatable bonds is 3. The molecule has 0 aliphatic carbocycles. The van der Waals surface area contributed by atoms with Crippen LogP contribution in [-0.2, 0) is 0 Å². The highest BCUT2D eigenvalue weighted by atomic mass is 15.2. The second-order valence-electron chi connectivity index (χ2n) is 5.14. The molecule has 1 heterocycles. The largest absolute Gasteiger partial charge is 0.383 e. The van der Waals surface area contributed by atoms with Crippen LogP contribution in [0.15, 0.2) is 24.3 Å². The second-order valence-corrected chi connectivity index (χ2v) is 5.14. The molecule has 1 aliphatic rings. The van der Waals surface area contributed by atoms with Crippen molar-refractivity contribution >= 4 is 11.4 Å². The van der Waals surface area contributed by atoms with E-state index in [1.54, 1.807) is 0 Å². The van der Waals surface area contributed by atoms with Gasteiger partial charge in [-0.3, -0.25) is 0 Å². The molecule has 1 aromatic carbocycles. The summed E-state index contributed by atoms with van der Waals surface area (Å²) in [5, 5.41) is 3.46. The molecule has 0 radical (unpaired) electrons. The van der Waals surface area contributed by atoms with E-state index in [9.17, 15) is 0 Å². The van der Waals surface area contributed by atoms with E-state index in [0.29, 0.717) is 6.04 Å². The smallest absolute Gasteiger partial charge is 0.0387 e. The zero-order valence-electron chi connectivity index (χ0n) is 11.1. The van der Waals surface area contributed by atoms with Crippen molar-refractivity contribution < 1.29 is 0 Å². The van der Waals surface area contributed by atoms with Crippen LogP contribution < -0.4 is 10.2 Å². The third-order valence-corrected chi connectivity index (χ3v) is 3.17.